The van der Waals surface area contributed by atoms with Crippen molar-refractivity contribution >= 4 is 35.2 Å². The predicted octanol–water partition coefficient (Wildman–Crippen LogP) is 3.46. The van der Waals surface area contributed by atoms with Crippen LogP contribution in [0, 0.1) is 5.92 Å². The number of rotatable bonds is 7. The Morgan fingerprint density at radius 1 is 1.10 bits per heavy atom. The van der Waals surface area contributed by atoms with Crippen LogP contribution in [-0.2, 0) is 28.6 Å². The topological polar surface area (TPSA) is 91.3 Å². The lowest BCUT2D eigenvalue weighted by Gasteiger charge is -2.32. The van der Waals surface area contributed by atoms with Crippen molar-refractivity contribution in [1.29, 1.82) is 0 Å². The van der Waals surface area contributed by atoms with Crippen LogP contribution in [0.1, 0.15) is 39.2 Å². The summed E-state index contributed by atoms with van der Waals surface area (Å²) in [6.07, 6.45) is 0. The molecule has 1 aromatic carbocycles. The minimum absolute atomic E-state index is 0.137. The summed E-state index contributed by atoms with van der Waals surface area (Å²) in [4.78, 5) is 41.4. The fourth-order valence-electron chi connectivity index (χ4n) is 3.26. The molecule has 0 amide bonds. The summed E-state index contributed by atoms with van der Waals surface area (Å²) >= 11 is 6.17. The summed E-state index contributed by atoms with van der Waals surface area (Å²) in [7, 11) is 0. The van der Waals surface area contributed by atoms with Gasteiger partial charge in [0, 0.05) is 23.6 Å². The van der Waals surface area contributed by atoms with Crippen LogP contribution in [0.25, 0.3) is 0 Å². The largest absolute Gasteiger partial charge is 0.465 e. The van der Waals surface area contributed by atoms with Crippen LogP contribution in [0.2, 0.25) is 5.02 Å². The standard InChI is InChI=1S/C21H24ClNO6/c1-5-27-20(25)17-12(3)23-16(11-29-13(4)24)19(21(26)28-6-2)18(17)14-8-7-9-15(22)10-14/h7-10,17-18H,5-6,11H2,1-4H3. The van der Waals surface area contributed by atoms with Gasteiger partial charge in [-0.3, -0.25) is 14.6 Å². The van der Waals surface area contributed by atoms with Gasteiger partial charge in [-0.15, -0.1) is 0 Å². The van der Waals surface area contributed by atoms with Gasteiger partial charge in [0.1, 0.15) is 12.5 Å². The van der Waals surface area contributed by atoms with Crippen molar-refractivity contribution in [3.8, 4) is 0 Å². The third-order valence-electron chi connectivity index (χ3n) is 4.37. The smallest absolute Gasteiger partial charge is 0.336 e. The Labute approximate surface area is 174 Å². The van der Waals surface area contributed by atoms with E-state index in [-0.39, 0.29) is 31.1 Å². The van der Waals surface area contributed by atoms with E-state index in [4.69, 9.17) is 25.8 Å². The number of ether oxygens (including phenoxy) is 3. The average molecular weight is 422 g/mol. The number of benzene rings is 1. The highest BCUT2D eigenvalue weighted by Crippen LogP contribution is 2.41. The predicted molar refractivity (Wildman–Crippen MR) is 108 cm³/mol. The fraction of sp³-hybridized carbons (Fsp3) is 0.429. The Bertz CT molecular complexity index is 860. The van der Waals surface area contributed by atoms with E-state index in [1.165, 1.54) is 6.92 Å². The highest BCUT2D eigenvalue weighted by molar-refractivity contribution is 6.30. The number of hydrogen-bond donors (Lipinski definition) is 0. The first-order chi connectivity index (χ1) is 13.8. The Balaban J connectivity index is 2.69. The average Bonchev–Trinajstić information content (AvgIpc) is 2.65. The molecule has 29 heavy (non-hydrogen) atoms. The molecule has 0 fully saturated rings. The monoisotopic (exact) mass is 421 g/mol. The summed E-state index contributed by atoms with van der Waals surface area (Å²) in [5.74, 6) is -3.23. The maximum absolute atomic E-state index is 12.9. The second-order valence-corrected chi connectivity index (χ2v) is 6.81. The molecule has 8 heteroatoms. The molecule has 0 radical (unpaired) electrons. The Morgan fingerprint density at radius 3 is 2.38 bits per heavy atom. The lowest BCUT2D eigenvalue weighted by Crippen LogP contribution is -2.37. The van der Waals surface area contributed by atoms with Crippen molar-refractivity contribution in [2.45, 2.75) is 33.6 Å². The van der Waals surface area contributed by atoms with E-state index in [1.54, 1.807) is 45.0 Å². The molecule has 1 heterocycles. The van der Waals surface area contributed by atoms with Gasteiger partial charge in [0.25, 0.3) is 0 Å². The van der Waals surface area contributed by atoms with Gasteiger partial charge in [-0.25, -0.2) is 4.79 Å². The molecule has 156 valence electrons. The zero-order chi connectivity index (χ0) is 21.6. The molecular formula is C21H24ClNO6. The number of hydrogen-bond acceptors (Lipinski definition) is 7. The molecular weight excluding hydrogens is 398 g/mol. The molecule has 2 atom stereocenters. The van der Waals surface area contributed by atoms with Crippen LogP contribution >= 0.6 is 11.6 Å². The number of aliphatic imine (C=N–C) groups is 1. The molecule has 0 spiro atoms. The molecule has 0 bridgehead atoms. The normalized spacial score (nSPS) is 18.7. The van der Waals surface area contributed by atoms with E-state index in [1.807, 2.05) is 0 Å². The summed E-state index contributed by atoms with van der Waals surface area (Å²) in [6.45, 7) is 6.43. The van der Waals surface area contributed by atoms with Crippen molar-refractivity contribution in [1.82, 2.24) is 0 Å². The second kappa shape index (κ2) is 10.2. The molecule has 7 nitrogen and oxygen atoms in total. The highest BCUT2D eigenvalue weighted by atomic mass is 35.5. The van der Waals surface area contributed by atoms with Crippen LogP contribution in [0.3, 0.4) is 0 Å². The van der Waals surface area contributed by atoms with E-state index in [9.17, 15) is 14.4 Å². The van der Waals surface area contributed by atoms with Crippen molar-refractivity contribution < 1.29 is 28.6 Å². The van der Waals surface area contributed by atoms with Gasteiger partial charge in [-0.2, -0.15) is 0 Å². The zero-order valence-electron chi connectivity index (χ0n) is 16.9. The van der Waals surface area contributed by atoms with Crippen molar-refractivity contribution in [2.24, 2.45) is 10.9 Å². The third-order valence-corrected chi connectivity index (χ3v) is 4.61. The molecule has 0 saturated carbocycles. The number of carbonyl (C=O) groups is 3. The van der Waals surface area contributed by atoms with Crippen molar-refractivity contribution in [3.05, 3.63) is 46.1 Å². The van der Waals surface area contributed by atoms with Gasteiger partial charge >= 0.3 is 17.9 Å². The molecule has 1 aromatic rings. The van der Waals surface area contributed by atoms with Crippen molar-refractivity contribution in [2.75, 3.05) is 19.8 Å². The SMILES string of the molecule is CCOC(=O)C1=C(COC(C)=O)N=C(C)C(C(=O)OCC)C1c1cccc(Cl)c1. The minimum atomic E-state index is -0.839. The number of halogens is 1. The first kappa shape index (κ1) is 22.6. The van der Waals surface area contributed by atoms with Crippen LogP contribution in [0.4, 0.5) is 0 Å². The van der Waals surface area contributed by atoms with Crippen LogP contribution in [-0.4, -0.2) is 43.4 Å². The van der Waals surface area contributed by atoms with Gasteiger partial charge in [0.15, 0.2) is 0 Å². The highest BCUT2D eigenvalue weighted by Gasteiger charge is 2.43. The van der Waals surface area contributed by atoms with Gasteiger partial charge < -0.3 is 14.2 Å². The van der Waals surface area contributed by atoms with E-state index in [0.29, 0.717) is 16.3 Å². The molecule has 0 aliphatic carbocycles. The maximum atomic E-state index is 12.9. The lowest BCUT2D eigenvalue weighted by atomic mass is 9.75. The van der Waals surface area contributed by atoms with E-state index in [2.05, 4.69) is 4.99 Å². The number of nitrogens with zero attached hydrogens (tertiary/aromatic N) is 1. The summed E-state index contributed by atoms with van der Waals surface area (Å²) in [5.41, 5.74) is 1.47. The Morgan fingerprint density at radius 2 is 1.79 bits per heavy atom. The summed E-state index contributed by atoms with van der Waals surface area (Å²) < 4.78 is 15.6. The molecule has 1 aliphatic heterocycles. The molecule has 0 aromatic heterocycles. The molecule has 1 aliphatic rings. The van der Waals surface area contributed by atoms with E-state index < -0.39 is 29.7 Å². The van der Waals surface area contributed by atoms with Gasteiger partial charge in [0.05, 0.1) is 24.5 Å². The van der Waals surface area contributed by atoms with Crippen LogP contribution in [0.15, 0.2) is 40.5 Å². The Kier molecular flexibility index (Phi) is 7.96. The van der Waals surface area contributed by atoms with Crippen LogP contribution < -0.4 is 0 Å². The van der Waals surface area contributed by atoms with Gasteiger partial charge in [-0.05, 0) is 38.5 Å². The third kappa shape index (κ3) is 5.44. The minimum Gasteiger partial charge on any atom is -0.465 e. The number of esters is 3. The maximum Gasteiger partial charge on any atom is 0.336 e. The second-order valence-electron chi connectivity index (χ2n) is 6.38. The first-order valence-corrected chi connectivity index (χ1v) is 9.68. The quantitative estimate of drug-likeness (QED) is 0.494. The lowest BCUT2D eigenvalue weighted by molar-refractivity contribution is -0.146. The van der Waals surface area contributed by atoms with Gasteiger partial charge in [0.2, 0.25) is 0 Å². The molecule has 0 N–H and O–H groups in total. The molecule has 2 unspecified atom stereocenters. The molecule has 2 rings (SSSR count). The van der Waals surface area contributed by atoms with Crippen LogP contribution in [0.5, 0.6) is 0 Å². The molecule has 0 saturated heterocycles. The van der Waals surface area contributed by atoms with E-state index >= 15 is 0 Å². The summed E-state index contributed by atoms with van der Waals surface area (Å²) in [5, 5.41) is 0.454. The van der Waals surface area contributed by atoms with Crippen molar-refractivity contribution in [3.63, 3.8) is 0 Å². The van der Waals surface area contributed by atoms with Gasteiger partial charge in [-0.1, -0.05) is 23.7 Å². The first-order valence-electron chi connectivity index (χ1n) is 9.30. The number of carbonyl (C=O) groups excluding carboxylic acids is 3. The fourth-order valence-corrected chi connectivity index (χ4v) is 3.46. The zero-order valence-corrected chi connectivity index (χ0v) is 17.6. The van der Waals surface area contributed by atoms with E-state index in [0.717, 1.165) is 0 Å². The summed E-state index contributed by atoms with van der Waals surface area (Å²) in [6, 6.07) is 6.88. The Hall–Kier alpha value is -2.67.